The lowest BCUT2D eigenvalue weighted by atomic mass is 10.1. The number of hydrogen-bond acceptors (Lipinski definition) is 5. The van der Waals surface area contributed by atoms with Crippen molar-refractivity contribution in [2.75, 3.05) is 31.3 Å². The molecule has 0 fully saturated rings. The number of aromatic carboxylic acids is 1. The molecule has 100 valence electrons. The minimum atomic E-state index is -1.03. The summed E-state index contributed by atoms with van der Waals surface area (Å²) >= 11 is 0. The fraction of sp³-hybridized carbons (Fsp3) is 0.231. The first-order valence-corrected chi connectivity index (χ1v) is 5.78. The molecule has 0 radical (unpaired) electrons. The van der Waals surface area contributed by atoms with E-state index in [1.165, 1.54) is 6.20 Å². The zero-order valence-electron chi connectivity index (χ0n) is 10.5. The number of pyridine rings is 1. The second kappa shape index (κ2) is 5.53. The Balaban J connectivity index is 2.56. The number of rotatable bonds is 5. The van der Waals surface area contributed by atoms with Crippen molar-refractivity contribution >= 4 is 28.2 Å². The first-order chi connectivity index (χ1) is 9.15. The summed E-state index contributed by atoms with van der Waals surface area (Å²) in [4.78, 5) is 15.4. The standard InChI is InChI=1S/C13H15N3O3/c1-19-6-5-15-11-8-3-2-4-10(14)12(8)16-7-9(11)13(17)18/h2-4,7H,5-6,14H2,1H3,(H,15,16)(H,17,18). The number of ether oxygens (including phenoxy) is 1. The van der Waals surface area contributed by atoms with Gasteiger partial charge in [-0.05, 0) is 6.07 Å². The van der Waals surface area contributed by atoms with Gasteiger partial charge in [0, 0.05) is 25.2 Å². The summed E-state index contributed by atoms with van der Waals surface area (Å²) in [5.74, 6) is -1.03. The van der Waals surface area contributed by atoms with Gasteiger partial charge in [0.25, 0.3) is 0 Å². The van der Waals surface area contributed by atoms with Crippen LogP contribution in [0.15, 0.2) is 24.4 Å². The van der Waals surface area contributed by atoms with E-state index < -0.39 is 5.97 Å². The Morgan fingerprint density at radius 1 is 1.53 bits per heavy atom. The van der Waals surface area contributed by atoms with E-state index in [9.17, 15) is 9.90 Å². The first kappa shape index (κ1) is 13.1. The van der Waals surface area contributed by atoms with Crippen LogP contribution >= 0.6 is 0 Å². The number of methoxy groups -OCH3 is 1. The molecule has 1 aromatic heterocycles. The normalized spacial score (nSPS) is 10.6. The summed E-state index contributed by atoms with van der Waals surface area (Å²) in [6.45, 7) is 0.982. The molecule has 0 bridgehead atoms. The second-order valence-electron chi connectivity index (χ2n) is 4.02. The van der Waals surface area contributed by atoms with Crippen LogP contribution in [0.5, 0.6) is 0 Å². The molecule has 0 spiro atoms. The number of fused-ring (bicyclic) bond motifs is 1. The average Bonchev–Trinajstić information content (AvgIpc) is 2.39. The van der Waals surface area contributed by atoms with Gasteiger partial charge in [0.15, 0.2) is 0 Å². The Morgan fingerprint density at radius 2 is 2.32 bits per heavy atom. The highest BCUT2D eigenvalue weighted by molar-refractivity contribution is 6.06. The number of nitrogens with one attached hydrogen (secondary N) is 1. The molecule has 1 heterocycles. The Bertz CT molecular complexity index is 613. The van der Waals surface area contributed by atoms with Crippen LogP contribution in [0.2, 0.25) is 0 Å². The molecule has 0 amide bonds. The number of nitrogens with zero attached hydrogens (tertiary/aromatic N) is 1. The molecule has 6 heteroatoms. The topological polar surface area (TPSA) is 97.5 Å². The van der Waals surface area contributed by atoms with E-state index in [1.54, 1.807) is 25.3 Å². The molecule has 0 saturated heterocycles. The number of carboxylic acid groups (broad SMARTS) is 1. The van der Waals surface area contributed by atoms with Gasteiger partial charge in [-0.3, -0.25) is 4.98 Å². The molecule has 6 nitrogen and oxygen atoms in total. The Labute approximate surface area is 110 Å². The van der Waals surface area contributed by atoms with Crippen LogP contribution < -0.4 is 11.1 Å². The highest BCUT2D eigenvalue weighted by atomic mass is 16.5. The Kier molecular flexibility index (Phi) is 3.82. The van der Waals surface area contributed by atoms with Gasteiger partial charge in [-0.2, -0.15) is 0 Å². The SMILES string of the molecule is COCCNc1c(C(=O)O)cnc2c(N)cccc12. The summed E-state index contributed by atoms with van der Waals surface area (Å²) in [6, 6.07) is 5.29. The number of aromatic nitrogens is 1. The van der Waals surface area contributed by atoms with Crippen LogP contribution in [0.1, 0.15) is 10.4 Å². The van der Waals surface area contributed by atoms with E-state index in [0.29, 0.717) is 35.4 Å². The highest BCUT2D eigenvalue weighted by Gasteiger charge is 2.15. The second-order valence-corrected chi connectivity index (χ2v) is 4.02. The zero-order valence-corrected chi connectivity index (χ0v) is 10.5. The summed E-state index contributed by atoms with van der Waals surface area (Å²) in [6.07, 6.45) is 1.32. The van der Waals surface area contributed by atoms with Crippen molar-refractivity contribution in [3.63, 3.8) is 0 Å². The van der Waals surface area contributed by atoms with Crippen LogP contribution in [-0.2, 0) is 4.74 Å². The Hall–Kier alpha value is -2.34. The van der Waals surface area contributed by atoms with E-state index in [-0.39, 0.29) is 5.56 Å². The summed E-state index contributed by atoms with van der Waals surface area (Å²) < 4.78 is 4.95. The fourth-order valence-electron chi connectivity index (χ4n) is 1.88. The highest BCUT2D eigenvalue weighted by Crippen LogP contribution is 2.28. The van der Waals surface area contributed by atoms with Crippen molar-refractivity contribution in [1.29, 1.82) is 0 Å². The predicted molar refractivity (Wildman–Crippen MR) is 73.5 cm³/mol. The number of nitrogens with two attached hydrogens (primary N) is 1. The summed E-state index contributed by atoms with van der Waals surface area (Å²) in [5.41, 5.74) is 7.59. The van der Waals surface area contributed by atoms with E-state index in [4.69, 9.17) is 10.5 Å². The lowest BCUT2D eigenvalue weighted by Crippen LogP contribution is -2.12. The van der Waals surface area contributed by atoms with E-state index >= 15 is 0 Å². The van der Waals surface area contributed by atoms with Crippen molar-refractivity contribution in [3.8, 4) is 0 Å². The van der Waals surface area contributed by atoms with Gasteiger partial charge < -0.3 is 20.9 Å². The molecule has 0 aliphatic heterocycles. The zero-order chi connectivity index (χ0) is 13.8. The van der Waals surface area contributed by atoms with E-state index in [0.717, 1.165) is 0 Å². The van der Waals surface area contributed by atoms with Crippen molar-refractivity contribution in [2.45, 2.75) is 0 Å². The average molecular weight is 261 g/mol. The van der Waals surface area contributed by atoms with Crippen LogP contribution in [-0.4, -0.2) is 36.3 Å². The monoisotopic (exact) mass is 261 g/mol. The van der Waals surface area contributed by atoms with E-state index in [1.807, 2.05) is 0 Å². The molecular formula is C13H15N3O3. The number of carbonyl (C=O) groups is 1. The lowest BCUT2D eigenvalue weighted by Gasteiger charge is -2.13. The molecule has 1 aromatic carbocycles. The van der Waals surface area contributed by atoms with Gasteiger partial charge in [-0.25, -0.2) is 4.79 Å². The van der Waals surface area contributed by atoms with Gasteiger partial charge in [0.1, 0.15) is 5.56 Å². The van der Waals surface area contributed by atoms with Gasteiger partial charge in [0.2, 0.25) is 0 Å². The van der Waals surface area contributed by atoms with Crippen molar-refractivity contribution in [2.24, 2.45) is 0 Å². The third-order valence-corrected chi connectivity index (χ3v) is 2.77. The molecule has 2 rings (SSSR count). The summed E-state index contributed by atoms with van der Waals surface area (Å²) in [5, 5.41) is 13.0. The molecule has 0 unspecified atom stereocenters. The quantitative estimate of drug-likeness (QED) is 0.558. The van der Waals surface area contributed by atoms with Gasteiger partial charge >= 0.3 is 5.97 Å². The number of carboxylic acids is 1. The number of para-hydroxylation sites is 1. The molecule has 0 atom stereocenters. The maximum absolute atomic E-state index is 11.2. The van der Waals surface area contributed by atoms with Crippen molar-refractivity contribution in [3.05, 3.63) is 30.0 Å². The van der Waals surface area contributed by atoms with Crippen LogP contribution in [0.4, 0.5) is 11.4 Å². The predicted octanol–water partition coefficient (Wildman–Crippen LogP) is 1.57. The largest absolute Gasteiger partial charge is 0.478 e. The number of hydrogen-bond donors (Lipinski definition) is 3. The third kappa shape index (κ3) is 2.58. The molecule has 4 N–H and O–H groups in total. The van der Waals surface area contributed by atoms with Gasteiger partial charge in [-0.1, -0.05) is 12.1 Å². The number of benzene rings is 1. The van der Waals surface area contributed by atoms with E-state index in [2.05, 4.69) is 10.3 Å². The molecule has 2 aromatic rings. The molecule has 0 saturated carbocycles. The fourth-order valence-corrected chi connectivity index (χ4v) is 1.88. The third-order valence-electron chi connectivity index (χ3n) is 2.77. The maximum atomic E-state index is 11.2. The molecule has 0 aliphatic carbocycles. The minimum absolute atomic E-state index is 0.120. The van der Waals surface area contributed by atoms with Crippen LogP contribution in [0.3, 0.4) is 0 Å². The van der Waals surface area contributed by atoms with Crippen LogP contribution in [0, 0.1) is 0 Å². The number of nitrogen functional groups attached to an aromatic ring is 1. The molecular weight excluding hydrogens is 246 g/mol. The van der Waals surface area contributed by atoms with Gasteiger partial charge in [-0.15, -0.1) is 0 Å². The van der Waals surface area contributed by atoms with Crippen LogP contribution in [0.25, 0.3) is 10.9 Å². The van der Waals surface area contributed by atoms with Crippen molar-refractivity contribution < 1.29 is 14.6 Å². The van der Waals surface area contributed by atoms with Crippen molar-refractivity contribution in [1.82, 2.24) is 4.98 Å². The minimum Gasteiger partial charge on any atom is -0.478 e. The Morgan fingerprint density at radius 3 is 3.00 bits per heavy atom. The number of anilines is 2. The van der Waals surface area contributed by atoms with Gasteiger partial charge in [0.05, 0.1) is 23.5 Å². The first-order valence-electron chi connectivity index (χ1n) is 5.78. The molecule has 19 heavy (non-hydrogen) atoms. The lowest BCUT2D eigenvalue weighted by molar-refractivity contribution is 0.0697. The summed E-state index contributed by atoms with van der Waals surface area (Å²) in [7, 11) is 1.59. The maximum Gasteiger partial charge on any atom is 0.339 e. The molecule has 0 aliphatic rings. The smallest absolute Gasteiger partial charge is 0.339 e.